The monoisotopic (exact) mass is 273 g/mol. The number of nitrogens with one attached hydrogen (secondary N) is 1. The highest BCUT2D eigenvalue weighted by Crippen LogP contribution is 2.23. The lowest BCUT2D eigenvalue weighted by atomic mass is 10.0. The zero-order valence-corrected chi connectivity index (χ0v) is 10.7. The lowest BCUT2D eigenvalue weighted by Gasteiger charge is -2.23. The van der Waals surface area contributed by atoms with E-state index in [0.29, 0.717) is 35.2 Å². The fraction of sp³-hybridized carbons (Fsp3) is 0.417. The minimum Gasteiger partial charge on any atom is -0.378 e. The molecule has 0 radical (unpaired) electrons. The second-order valence-corrected chi connectivity index (χ2v) is 4.80. The van der Waals surface area contributed by atoms with Crippen molar-refractivity contribution in [3.05, 3.63) is 33.8 Å². The van der Waals surface area contributed by atoms with Gasteiger partial charge in [0, 0.05) is 24.6 Å². The Morgan fingerprint density at radius 2 is 2.24 bits per heavy atom. The predicted molar refractivity (Wildman–Crippen MR) is 68.0 cm³/mol. The van der Waals surface area contributed by atoms with Crippen LogP contribution < -0.4 is 5.32 Å². The van der Waals surface area contributed by atoms with Crippen molar-refractivity contribution < 1.29 is 9.53 Å². The minimum atomic E-state index is 0.0477. The largest absolute Gasteiger partial charge is 0.378 e. The van der Waals surface area contributed by atoms with Crippen LogP contribution in [0.5, 0.6) is 0 Å². The van der Waals surface area contributed by atoms with Crippen LogP contribution >= 0.6 is 23.2 Å². The second kappa shape index (κ2) is 5.83. The lowest BCUT2D eigenvalue weighted by Crippen LogP contribution is -2.42. The summed E-state index contributed by atoms with van der Waals surface area (Å²) in [6, 6.07) is 5.03. The van der Waals surface area contributed by atoms with Crippen LogP contribution in [0.4, 0.5) is 0 Å². The molecule has 1 unspecified atom stereocenters. The molecule has 92 valence electrons. The molecule has 0 spiro atoms. The highest BCUT2D eigenvalue weighted by molar-refractivity contribution is 6.42. The van der Waals surface area contributed by atoms with Crippen LogP contribution in [0.1, 0.15) is 16.8 Å². The quantitative estimate of drug-likeness (QED) is 0.861. The first-order valence-corrected chi connectivity index (χ1v) is 6.22. The highest BCUT2D eigenvalue weighted by Gasteiger charge is 2.18. The van der Waals surface area contributed by atoms with E-state index in [9.17, 15) is 4.79 Å². The molecule has 1 aromatic rings. The SMILES string of the molecule is O=C(CC1COCCN1)c1ccc(Cl)c(Cl)c1. The molecule has 5 heteroatoms. The van der Waals surface area contributed by atoms with Crippen LogP contribution in [0.2, 0.25) is 10.0 Å². The van der Waals surface area contributed by atoms with Crippen molar-refractivity contribution in [3.8, 4) is 0 Å². The van der Waals surface area contributed by atoms with Crippen LogP contribution in [0.3, 0.4) is 0 Å². The molecule has 1 saturated heterocycles. The van der Waals surface area contributed by atoms with E-state index in [4.69, 9.17) is 27.9 Å². The number of ketones is 1. The van der Waals surface area contributed by atoms with Crippen molar-refractivity contribution in [2.75, 3.05) is 19.8 Å². The van der Waals surface area contributed by atoms with Crippen LogP contribution in [-0.4, -0.2) is 31.6 Å². The van der Waals surface area contributed by atoms with Crippen LogP contribution in [0.25, 0.3) is 0 Å². The summed E-state index contributed by atoms with van der Waals surface area (Å²) in [6.45, 7) is 2.07. The molecular formula is C12H13Cl2NO2. The van der Waals surface area contributed by atoms with Gasteiger partial charge < -0.3 is 10.1 Å². The smallest absolute Gasteiger partial charge is 0.164 e. The van der Waals surface area contributed by atoms with Gasteiger partial charge in [0.15, 0.2) is 5.78 Å². The minimum absolute atomic E-state index is 0.0477. The van der Waals surface area contributed by atoms with Gasteiger partial charge in [0.1, 0.15) is 0 Å². The first-order valence-electron chi connectivity index (χ1n) is 5.46. The average Bonchev–Trinajstić information content (AvgIpc) is 2.34. The number of carbonyl (C=O) groups is 1. The Balaban J connectivity index is 2.01. The number of carbonyl (C=O) groups excluding carboxylic acids is 1. The molecule has 0 amide bonds. The Bertz CT molecular complexity index is 417. The number of morpholine rings is 1. The van der Waals surface area contributed by atoms with Gasteiger partial charge in [0.25, 0.3) is 0 Å². The molecule has 1 aliphatic heterocycles. The van der Waals surface area contributed by atoms with Crippen molar-refractivity contribution in [2.24, 2.45) is 0 Å². The van der Waals surface area contributed by atoms with E-state index in [1.54, 1.807) is 18.2 Å². The molecule has 1 aromatic carbocycles. The number of halogens is 2. The molecule has 1 atom stereocenters. The molecule has 17 heavy (non-hydrogen) atoms. The van der Waals surface area contributed by atoms with Gasteiger partial charge in [0.2, 0.25) is 0 Å². The molecule has 3 nitrogen and oxygen atoms in total. The number of hydrogen-bond donors (Lipinski definition) is 1. The van der Waals surface area contributed by atoms with Gasteiger partial charge in [-0.05, 0) is 18.2 Å². The molecule has 0 bridgehead atoms. The van der Waals surface area contributed by atoms with Gasteiger partial charge in [-0.1, -0.05) is 23.2 Å². The summed E-state index contributed by atoms with van der Waals surface area (Å²) >= 11 is 11.7. The van der Waals surface area contributed by atoms with Crippen LogP contribution in [0.15, 0.2) is 18.2 Å². The Morgan fingerprint density at radius 3 is 2.88 bits per heavy atom. The van der Waals surface area contributed by atoms with E-state index in [-0.39, 0.29) is 11.8 Å². The van der Waals surface area contributed by atoms with Crippen molar-refractivity contribution in [1.29, 1.82) is 0 Å². The summed E-state index contributed by atoms with van der Waals surface area (Å²) in [5.41, 5.74) is 0.590. The fourth-order valence-electron chi connectivity index (χ4n) is 1.76. The third-order valence-electron chi connectivity index (χ3n) is 2.67. The molecule has 1 fully saturated rings. The summed E-state index contributed by atoms with van der Waals surface area (Å²) in [7, 11) is 0. The first-order chi connectivity index (χ1) is 8.16. The van der Waals surface area contributed by atoms with Gasteiger partial charge >= 0.3 is 0 Å². The molecule has 1 aliphatic rings. The van der Waals surface area contributed by atoms with Crippen LogP contribution in [0, 0.1) is 0 Å². The molecule has 2 rings (SSSR count). The summed E-state index contributed by atoms with van der Waals surface area (Å²) in [5, 5.41) is 4.11. The maximum absolute atomic E-state index is 12.0. The van der Waals surface area contributed by atoms with Gasteiger partial charge in [-0.15, -0.1) is 0 Å². The molecule has 1 N–H and O–H groups in total. The van der Waals surface area contributed by atoms with Gasteiger partial charge in [0.05, 0.1) is 23.3 Å². The Hall–Kier alpha value is -0.610. The third kappa shape index (κ3) is 3.42. The van der Waals surface area contributed by atoms with E-state index in [2.05, 4.69) is 5.32 Å². The maximum Gasteiger partial charge on any atom is 0.164 e. The van der Waals surface area contributed by atoms with Gasteiger partial charge in [-0.2, -0.15) is 0 Å². The van der Waals surface area contributed by atoms with Crippen molar-refractivity contribution in [1.82, 2.24) is 5.32 Å². The lowest BCUT2D eigenvalue weighted by molar-refractivity contribution is 0.0676. The van der Waals surface area contributed by atoms with E-state index >= 15 is 0 Å². The first kappa shape index (κ1) is 12.8. The number of benzene rings is 1. The zero-order chi connectivity index (χ0) is 12.3. The fourth-order valence-corrected chi connectivity index (χ4v) is 2.06. The number of Topliss-reactive ketones (excluding diaryl/α,β-unsaturated/α-hetero) is 1. The Labute approximate surface area is 110 Å². The van der Waals surface area contributed by atoms with Gasteiger partial charge in [-0.25, -0.2) is 0 Å². The Morgan fingerprint density at radius 1 is 1.41 bits per heavy atom. The average molecular weight is 274 g/mol. The number of hydrogen-bond acceptors (Lipinski definition) is 3. The van der Waals surface area contributed by atoms with E-state index in [1.807, 2.05) is 0 Å². The second-order valence-electron chi connectivity index (χ2n) is 3.98. The predicted octanol–water partition coefficient (Wildman–Crippen LogP) is 2.55. The van der Waals surface area contributed by atoms with E-state index in [0.717, 1.165) is 6.54 Å². The number of rotatable bonds is 3. The molecule has 0 saturated carbocycles. The van der Waals surface area contributed by atoms with Crippen LogP contribution in [-0.2, 0) is 4.74 Å². The standard InChI is InChI=1S/C12H13Cl2NO2/c13-10-2-1-8(5-11(10)14)12(16)6-9-7-17-4-3-15-9/h1-2,5,9,15H,3-4,6-7H2. The molecular weight excluding hydrogens is 261 g/mol. The number of ether oxygens (including phenoxy) is 1. The van der Waals surface area contributed by atoms with Gasteiger partial charge in [-0.3, -0.25) is 4.79 Å². The molecule has 1 heterocycles. The van der Waals surface area contributed by atoms with Crippen molar-refractivity contribution >= 4 is 29.0 Å². The Kier molecular flexibility index (Phi) is 4.40. The summed E-state index contributed by atoms with van der Waals surface area (Å²) in [5.74, 6) is 0.0477. The molecule has 0 aromatic heterocycles. The van der Waals surface area contributed by atoms with Crippen molar-refractivity contribution in [3.63, 3.8) is 0 Å². The maximum atomic E-state index is 12.0. The zero-order valence-electron chi connectivity index (χ0n) is 9.21. The third-order valence-corrected chi connectivity index (χ3v) is 3.41. The summed E-state index contributed by atoms with van der Waals surface area (Å²) < 4.78 is 5.30. The van der Waals surface area contributed by atoms with E-state index < -0.39 is 0 Å². The topological polar surface area (TPSA) is 38.3 Å². The summed E-state index contributed by atoms with van der Waals surface area (Å²) in [6.07, 6.45) is 0.415. The normalized spacial score (nSPS) is 20.2. The highest BCUT2D eigenvalue weighted by atomic mass is 35.5. The summed E-state index contributed by atoms with van der Waals surface area (Å²) in [4.78, 5) is 12.0. The van der Waals surface area contributed by atoms with Crippen molar-refractivity contribution in [2.45, 2.75) is 12.5 Å². The van der Waals surface area contributed by atoms with E-state index in [1.165, 1.54) is 0 Å². The molecule has 0 aliphatic carbocycles.